The van der Waals surface area contributed by atoms with Crippen LogP contribution in [0.3, 0.4) is 0 Å². The Labute approximate surface area is 306 Å². The monoisotopic (exact) mass is 679 g/mol. The van der Waals surface area contributed by atoms with Gasteiger partial charge in [-0.15, -0.1) is 0 Å². The van der Waals surface area contributed by atoms with Crippen molar-refractivity contribution >= 4 is 0 Å². The lowest BCUT2D eigenvalue weighted by molar-refractivity contribution is -0.696. The molecule has 5 rings (SSSR count). The third-order valence-corrected chi connectivity index (χ3v) is 10.9. The number of rotatable bonds is 12. The molecular weight excluding hydrogens is 609 g/mol. The smallest absolute Gasteiger partial charge is 0.230 e. The van der Waals surface area contributed by atoms with E-state index in [9.17, 15) is 0 Å². The van der Waals surface area contributed by atoms with Crippen molar-refractivity contribution in [1.29, 1.82) is 0 Å². The number of hydrogen-bond donors (Lipinski definition) is 0. The van der Waals surface area contributed by atoms with Crippen LogP contribution in [0.15, 0.2) is 49.1 Å². The quantitative estimate of drug-likeness (QED) is 0.117. The molecule has 0 spiro atoms. The van der Waals surface area contributed by atoms with E-state index in [-0.39, 0.29) is 10.8 Å². The predicted octanol–water partition coefficient (Wildman–Crippen LogP) is 10.3. The van der Waals surface area contributed by atoms with Crippen LogP contribution in [0.4, 0.5) is 0 Å². The molecule has 4 heteroatoms. The van der Waals surface area contributed by atoms with Gasteiger partial charge in [-0.25, -0.2) is 18.3 Å². The summed E-state index contributed by atoms with van der Waals surface area (Å²) in [6, 6.07) is 15.1. The highest BCUT2D eigenvalue weighted by Crippen LogP contribution is 2.29. The van der Waals surface area contributed by atoms with E-state index in [0.29, 0.717) is 0 Å². The van der Waals surface area contributed by atoms with Gasteiger partial charge >= 0.3 is 0 Å². The van der Waals surface area contributed by atoms with Crippen LogP contribution in [-0.4, -0.2) is 9.13 Å². The van der Waals surface area contributed by atoms with Crippen LogP contribution in [0.1, 0.15) is 177 Å². The zero-order valence-corrected chi connectivity index (χ0v) is 33.7. The molecule has 4 aromatic rings. The predicted molar refractivity (Wildman–Crippen MR) is 210 cm³/mol. The highest BCUT2D eigenvalue weighted by atomic mass is 15.2. The van der Waals surface area contributed by atoms with Crippen LogP contribution in [0.25, 0.3) is 0 Å². The Kier molecular flexibility index (Phi) is 12.5. The molecule has 0 aliphatic carbocycles. The molecule has 2 aromatic heterocycles. The normalized spacial score (nSPS) is 13.6. The van der Waals surface area contributed by atoms with Crippen molar-refractivity contribution in [2.45, 2.75) is 183 Å². The molecule has 0 saturated carbocycles. The summed E-state index contributed by atoms with van der Waals surface area (Å²) < 4.78 is 10.5. The zero-order valence-electron chi connectivity index (χ0n) is 33.7. The lowest BCUT2D eigenvalue weighted by atomic mass is 9.85. The number of nitrogens with zero attached hydrogens (tertiary/aromatic N) is 4. The fraction of sp³-hybridized carbons (Fsp3) is 0.609. The summed E-state index contributed by atoms with van der Waals surface area (Å²) in [4.78, 5) is 0. The van der Waals surface area contributed by atoms with E-state index in [2.05, 4.69) is 137 Å². The van der Waals surface area contributed by atoms with Gasteiger partial charge in [-0.2, -0.15) is 0 Å². The minimum atomic E-state index is 0.0843. The van der Waals surface area contributed by atoms with Crippen molar-refractivity contribution in [2.75, 3.05) is 0 Å². The summed E-state index contributed by atoms with van der Waals surface area (Å²) >= 11 is 0. The number of aromatic nitrogens is 4. The second kappa shape index (κ2) is 16.5. The number of fused-ring (bicyclic) bond motifs is 8. The van der Waals surface area contributed by atoms with Crippen molar-refractivity contribution in [3.05, 3.63) is 105 Å². The first-order valence-electron chi connectivity index (χ1n) is 20.3. The Bertz CT molecular complexity index is 1490. The summed E-state index contributed by atoms with van der Waals surface area (Å²) in [6.07, 6.45) is 19.3. The third-order valence-electron chi connectivity index (χ3n) is 10.9. The van der Waals surface area contributed by atoms with Crippen LogP contribution in [0, 0.1) is 0 Å². The maximum Gasteiger partial charge on any atom is 0.244 e. The molecule has 50 heavy (non-hydrogen) atoms. The minimum absolute atomic E-state index is 0.0843. The molecule has 1 aliphatic heterocycles. The molecule has 8 bridgehead atoms. The molecule has 0 saturated heterocycles. The second-order valence-corrected chi connectivity index (χ2v) is 17.5. The number of imidazole rings is 2. The molecular formula is C46H70N4+2. The van der Waals surface area contributed by atoms with Gasteiger partial charge in [-0.05, 0) is 82.0 Å². The highest BCUT2D eigenvalue weighted by molar-refractivity contribution is 5.36. The molecule has 0 fully saturated rings. The van der Waals surface area contributed by atoms with E-state index < -0.39 is 0 Å². The van der Waals surface area contributed by atoms with Gasteiger partial charge in [0.05, 0.1) is 0 Å². The minimum Gasteiger partial charge on any atom is -0.230 e. The molecule has 272 valence electrons. The fourth-order valence-corrected chi connectivity index (χ4v) is 7.90. The number of unbranched alkanes of at least 4 members (excludes halogenated alkanes) is 4. The Morgan fingerprint density at radius 1 is 0.480 bits per heavy atom. The van der Waals surface area contributed by atoms with Gasteiger partial charge in [0.25, 0.3) is 0 Å². The summed E-state index contributed by atoms with van der Waals surface area (Å²) in [7, 11) is 0. The molecule has 0 amide bonds. The molecule has 3 heterocycles. The van der Waals surface area contributed by atoms with Gasteiger partial charge in [0.1, 0.15) is 49.0 Å². The van der Waals surface area contributed by atoms with Gasteiger partial charge in [-0.1, -0.05) is 119 Å². The van der Waals surface area contributed by atoms with Crippen LogP contribution in [0.2, 0.25) is 0 Å². The molecule has 0 unspecified atom stereocenters. The van der Waals surface area contributed by atoms with Gasteiger partial charge in [0, 0.05) is 25.7 Å². The average molecular weight is 679 g/mol. The zero-order chi connectivity index (χ0) is 36.1. The number of benzene rings is 2. The Morgan fingerprint density at radius 3 is 1.18 bits per heavy atom. The van der Waals surface area contributed by atoms with Crippen molar-refractivity contribution in [3.8, 4) is 0 Å². The highest BCUT2D eigenvalue weighted by Gasteiger charge is 2.28. The topological polar surface area (TPSA) is 17.6 Å². The van der Waals surface area contributed by atoms with Crippen LogP contribution in [0.5, 0.6) is 0 Å². The first-order chi connectivity index (χ1) is 23.8. The molecule has 0 N–H and O–H groups in total. The van der Waals surface area contributed by atoms with E-state index in [1.807, 2.05) is 0 Å². The Balaban J connectivity index is 1.78. The van der Waals surface area contributed by atoms with E-state index in [4.69, 9.17) is 0 Å². The van der Waals surface area contributed by atoms with Crippen LogP contribution in [-0.2, 0) is 62.7 Å². The fourth-order valence-electron chi connectivity index (χ4n) is 7.90. The van der Waals surface area contributed by atoms with Crippen LogP contribution >= 0.6 is 0 Å². The van der Waals surface area contributed by atoms with Gasteiger partial charge in [0.2, 0.25) is 12.7 Å². The van der Waals surface area contributed by atoms with Crippen molar-refractivity contribution in [1.82, 2.24) is 9.13 Å². The Hall–Kier alpha value is -3.14. The second-order valence-electron chi connectivity index (χ2n) is 17.5. The molecule has 0 radical (unpaired) electrons. The maximum atomic E-state index is 2.63. The van der Waals surface area contributed by atoms with Gasteiger partial charge < -0.3 is 0 Å². The van der Waals surface area contributed by atoms with Crippen LogP contribution < -0.4 is 9.13 Å². The number of hydrogen-bond acceptors (Lipinski definition) is 0. The van der Waals surface area contributed by atoms with Crippen molar-refractivity contribution in [3.63, 3.8) is 0 Å². The first kappa shape index (κ1) is 38.1. The van der Waals surface area contributed by atoms with E-state index in [0.717, 1.165) is 51.9 Å². The third kappa shape index (κ3) is 9.20. The molecule has 0 atom stereocenters. The largest absolute Gasteiger partial charge is 0.244 e. The molecule has 1 aliphatic rings. The first-order valence-corrected chi connectivity index (χ1v) is 20.3. The lowest BCUT2D eigenvalue weighted by Gasteiger charge is -2.21. The van der Waals surface area contributed by atoms with E-state index in [1.165, 1.54) is 84.7 Å². The van der Waals surface area contributed by atoms with Gasteiger partial charge in [0.15, 0.2) is 0 Å². The van der Waals surface area contributed by atoms with Gasteiger partial charge in [-0.3, -0.25) is 0 Å². The van der Waals surface area contributed by atoms with Crippen molar-refractivity contribution < 1.29 is 9.13 Å². The summed E-state index contributed by atoms with van der Waals surface area (Å²) in [5.41, 5.74) is 15.0. The maximum absolute atomic E-state index is 2.63. The Morgan fingerprint density at radius 2 is 0.820 bits per heavy atom. The van der Waals surface area contributed by atoms with Crippen molar-refractivity contribution in [2.24, 2.45) is 0 Å². The van der Waals surface area contributed by atoms with E-state index in [1.54, 1.807) is 22.8 Å². The standard InChI is InChI=1S/C46H70N4/c1-11-15-19-41-42(20-16-12-2)48-30-36-24-38(28-40(26-36)46(8,9)10)32-50-34-49(43(21-17-13-3)44(50)22-18-14-4)31-37-23-35(29-47(41)33-48)25-39(27-37)45(5,6)7/h23-28,33-34H,11-22,29-32H2,1-10H3/q+2. The molecule has 2 aromatic carbocycles. The lowest BCUT2D eigenvalue weighted by Crippen LogP contribution is -2.38. The summed E-state index contributed by atoms with van der Waals surface area (Å²) in [6.45, 7) is 27.3. The summed E-state index contributed by atoms with van der Waals surface area (Å²) in [5.74, 6) is 0. The van der Waals surface area contributed by atoms with E-state index >= 15 is 0 Å². The average Bonchev–Trinajstić information content (AvgIpc) is 3.53. The molecule has 4 nitrogen and oxygen atoms in total. The summed E-state index contributed by atoms with van der Waals surface area (Å²) in [5, 5.41) is 0. The SMILES string of the molecule is CCCCc1c(CCCC)[n+]2cn1Cc1cc(cc(C(C)(C)C)c1)Cn1c[n+](c(CCCC)c1CCCC)Cc1cc(cc(C(C)(C)C)c1)C2.